The van der Waals surface area contributed by atoms with Gasteiger partial charge in [0.05, 0.1) is 12.1 Å². The average Bonchev–Trinajstić information content (AvgIpc) is 3.11. The first kappa shape index (κ1) is 16.5. The molecule has 3 aromatic rings. The Morgan fingerprint density at radius 1 is 1.23 bits per heavy atom. The number of carbonyl (C=O) groups excluding carboxylic acids is 1. The van der Waals surface area contributed by atoms with Crippen LogP contribution in [0.3, 0.4) is 0 Å². The van der Waals surface area contributed by atoms with E-state index >= 15 is 0 Å². The normalized spacial score (nSPS) is 16.4. The molecule has 1 unspecified atom stereocenters. The Kier molecular flexibility index (Phi) is 4.29. The van der Waals surface area contributed by atoms with E-state index in [0.29, 0.717) is 11.5 Å². The van der Waals surface area contributed by atoms with Crippen LogP contribution in [-0.4, -0.2) is 17.1 Å². The minimum atomic E-state index is -0.269. The molecule has 2 aromatic carbocycles. The van der Waals surface area contributed by atoms with Crippen LogP contribution < -0.4 is 4.90 Å². The molecule has 0 aliphatic carbocycles. The van der Waals surface area contributed by atoms with Gasteiger partial charge in [0.25, 0.3) is 0 Å². The highest BCUT2D eigenvalue weighted by atomic mass is 19.1. The molecule has 0 N–H and O–H groups in total. The number of hydrogen-bond acceptors (Lipinski definition) is 3. The molecule has 1 amide bonds. The fraction of sp³-hybridized carbons (Fsp3) is 0.238. The molecule has 0 radical (unpaired) electrons. The van der Waals surface area contributed by atoms with Crippen molar-refractivity contribution in [1.82, 2.24) is 5.16 Å². The summed E-state index contributed by atoms with van der Waals surface area (Å²) in [4.78, 5) is 14.7. The monoisotopic (exact) mass is 350 g/mol. The predicted octanol–water partition coefficient (Wildman–Crippen LogP) is 4.39. The lowest BCUT2D eigenvalue weighted by Crippen LogP contribution is -2.43. The van der Waals surface area contributed by atoms with Gasteiger partial charge in [-0.1, -0.05) is 35.5 Å². The van der Waals surface area contributed by atoms with Gasteiger partial charge in [-0.25, -0.2) is 4.39 Å². The zero-order valence-electron chi connectivity index (χ0n) is 14.5. The number of hydrogen-bond donors (Lipinski definition) is 0. The number of amides is 1. The Balaban J connectivity index is 1.56. The van der Waals surface area contributed by atoms with Crippen LogP contribution >= 0.6 is 0 Å². The topological polar surface area (TPSA) is 46.3 Å². The molecular weight excluding hydrogens is 331 g/mol. The molecule has 0 saturated heterocycles. The molecule has 1 aromatic heterocycles. The number of anilines is 1. The molecule has 2 heterocycles. The molecule has 0 bridgehead atoms. The number of benzene rings is 2. The fourth-order valence-corrected chi connectivity index (χ4v) is 3.47. The van der Waals surface area contributed by atoms with Crippen molar-refractivity contribution < 1.29 is 13.7 Å². The van der Waals surface area contributed by atoms with E-state index in [1.165, 1.54) is 12.1 Å². The molecule has 0 fully saturated rings. The molecule has 5 heteroatoms. The van der Waals surface area contributed by atoms with Crippen LogP contribution in [0.2, 0.25) is 0 Å². The van der Waals surface area contributed by atoms with Crippen molar-refractivity contribution in [3.05, 3.63) is 71.7 Å². The van der Waals surface area contributed by atoms with E-state index < -0.39 is 0 Å². The molecule has 26 heavy (non-hydrogen) atoms. The molecule has 1 atom stereocenters. The summed E-state index contributed by atoms with van der Waals surface area (Å²) < 4.78 is 18.9. The van der Waals surface area contributed by atoms with Gasteiger partial charge in [-0.2, -0.15) is 0 Å². The summed E-state index contributed by atoms with van der Waals surface area (Å²) in [5, 5.41) is 4.04. The fourth-order valence-electron chi connectivity index (χ4n) is 3.47. The Morgan fingerprint density at radius 2 is 2.04 bits per heavy atom. The third-order valence-corrected chi connectivity index (χ3v) is 4.79. The largest absolute Gasteiger partial charge is 0.356 e. The van der Waals surface area contributed by atoms with E-state index in [0.717, 1.165) is 29.7 Å². The first-order valence-corrected chi connectivity index (χ1v) is 8.73. The van der Waals surface area contributed by atoms with Gasteiger partial charge in [0.1, 0.15) is 5.82 Å². The maximum atomic E-state index is 13.5. The average molecular weight is 350 g/mol. The highest BCUT2D eigenvalue weighted by Crippen LogP contribution is 2.32. The number of aromatic nitrogens is 1. The van der Waals surface area contributed by atoms with Crippen LogP contribution in [0, 0.1) is 5.82 Å². The van der Waals surface area contributed by atoms with E-state index in [4.69, 9.17) is 4.52 Å². The number of aryl methyl sites for hydroxylation is 1. The van der Waals surface area contributed by atoms with Gasteiger partial charge in [0.2, 0.25) is 5.91 Å². The van der Waals surface area contributed by atoms with Crippen LogP contribution in [-0.2, 0) is 17.6 Å². The maximum absolute atomic E-state index is 13.5. The minimum absolute atomic E-state index is 0.0574. The summed E-state index contributed by atoms with van der Waals surface area (Å²) in [6.07, 6.45) is 1.74. The van der Waals surface area contributed by atoms with Gasteiger partial charge in [0.15, 0.2) is 5.76 Å². The lowest BCUT2D eigenvalue weighted by Gasteiger charge is -2.35. The number of halogens is 1. The summed E-state index contributed by atoms with van der Waals surface area (Å²) in [5.74, 6) is 0.315. The second kappa shape index (κ2) is 6.75. The van der Waals surface area contributed by atoms with Gasteiger partial charge in [-0.3, -0.25) is 4.79 Å². The molecule has 1 aliphatic rings. The van der Waals surface area contributed by atoms with Crippen molar-refractivity contribution in [3.8, 4) is 11.3 Å². The summed E-state index contributed by atoms with van der Waals surface area (Å²) in [6.45, 7) is 2.02. The first-order chi connectivity index (χ1) is 12.6. The van der Waals surface area contributed by atoms with E-state index in [9.17, 15) is 9.18 Å². The van der Waals surface area contributed by atoms with E-state index in [2.05, 4.69) is 5.16 Å². The lowest BCUT2D eigenvalue weighted by molar-refractivity contribution is -0.118. The quantitative estimate of drug-likeness (QED) is 0.704. The zero-order chi connectivity index (χ0) is 18.1. The van der Waals surface area contributed by atoms with E-state index in [1.807, 2.05) is 37.3 Å². The van der Waals surface area contributed by atoms with E-state index in [-0.39, 0.29) is 24.2 Å². The number of carbonyl (C=O) groups is 1. The summed E-state index contributed by atoms with van der Waals surface area (Å²) in [7, 11) is 0. The highest BCUT2D eigenvalue weighted by molar-refractivity contribution is 5.96. The minimum Gasteiger partial charge on any atom is -0.356 e. The SMILES string of the molecule is CC1CCc2cc(F)ccc2N1C(=O)Cc1cc(-c2ccccc2)on1. The van der Waals surface area contributed by atoms with Crippen molar-refractivity contribution in [2.45, 2.75) is 32.2 Å². The van der Waals surface area contributed by atoms with Crippen molar-refractivity contribution in [3.63, 3.8) is 0 Å². The molecule has 1 aliphatic heterocycles. The van der Waals surface area contributed by atoms with Gasteiger partial charge in [-0.15, -0.1) is 0 Å². The smallest absolute Gasteiger partial charge is 0.233 e. The van der Waals surface area contributed by atoms with Crippen molar-refractivity contribution >= 4 is 11.6 Å². The molecular formula is C21H19FN2O2. The number of fused-ring (bicyclic) bond motifs is 1. The Labute approximate surface area is 151 Å². The van der Waals surface area contributed by atoms with Crippen molar-refractivity contribution in [1.29, 1.82) is 0 Å². The van der Waals surface area contributed by atoms with Crippen molar-refractivity contribution in [2.24, 2.45) is 0 Å². The summed E-state index contributed by atoms with van der Waals surface area (Å²) in [5.41, 5.74) is 3.18. The highest BCUT2D eigenvalue weighted by Gasteiger charge is 2.29. The summed E-state index contributed by atoms with van der Waals surface area (Å²) >= 11 is 0. The standard InChI is InChI=1S/C21H19FN2O2/c1-14-7-8-16-11-17(22)9-10-19(16)24(14)21(25)13-18-12-20(26-23-18)15-5-3-2-4-6-15/h2-6,9-12,14H,7-8,13H2,1H3. The van der Waals surface area contributed by atoms with Crippen LogP contribution in [0.25, 0.3) is 11.3 Å². The van der Waals surface area contributed by atoms with Crippen LogP contribution in [0.1, 0.15) is 24.6 Å². The van der Waals surface area contributed by atoms with Gasteiger partial charge < -0.3 is 9.42 Å². The third-order valence-electron chi connectivity index (χ3n) is 4.79. The molecule has 132 valence electrons. The predicted molar refractivity (Wildman–Crippen MR) is 97.3 cm³/mol. The van der Waals surface area contributed by atoms with E-state index in [1.54, 1.807) is 17.0 Å². The summed E-state index contributed by atoms with van der Waals surface area (Å²) in [6, 6.07) is 16.1. The molecule has 0 saturated carbocycles. The van der Waals surface area contributed by atoms with Crippen molar-refractivity contribution in [2.75, 3.05) is 4.90 Å². The number of nitrogens with zero attached hydrogens (tertiary/aromatic N) is 2. The first-order valence-electron chi connectivity index (χ1n) is 8.73. The molecule has 0 spiro atoms. The Hall–Kier alpha value is -2.95. The second-order valence-corrected chi connectivity index (χ2v) is 6.65. The van der Waals surface area contributed by atoms with Gasteiger partial charge in [-0.05, 0) is 43.5 Å². The second-order valence-electron chi connectivity index (χ2n) is 6.65. The van der Waals surface area contributed by atoms with Crippen LogP contribution in [0.5, 0.6) is 0 Å². The van der Waals surface area contributed by atoms with Crippen LogP contribution in [0.4, 0.5) is 10.1 Å². The zero-order valence-corrected chi connectivity index (χ0v) is 14.5. The van der Waals surface area contributed by atoms with Crippen LogP contribution in [0.15, 0.2) is 59.1 Å². The Morgan fingerprint density at radius 3 is 2.85 bits per heavy atom. The van der Waals surface area contributed by atoms with Gasteiger partial charge in [0, 0.05) is 23.4 Å². The number of rotatable bonds is 3. The third kappa shape index (κ3) is 3.12. The lowest BCUT2D eigenvalue weighted by atomic mass is 9.96. The molecule has 4 rings (SSSR count). The molecule has 4 nitrogen and oxygen atoms in total. The Bertz CT molecular complexity index is 936. The van der Waals surface area contributed by atoms with Gasteiger partial charge >= 0.3 is 0 Å². The maximum Gasteiger partial charge on any atom is 0.233 e.